The van der Waals surface area contributed by atoms with Crippen LogP contribution in [0.3, 0.4) is 0 Å². The zero-order valence-electron chi connectivity index (χ0n) is 13.9. The maximum absolute atomic E-state index is 9.64. The fourth-order valence-corrected chi connectivity index (χ4v) is 1.27. The van der Waals surface area contributed by atoms with Gasteiger partial charge in [0.05, 0.1) is 76.5 Å². The van der Waals surface area contributed by atoms with Gasteiger partial charge in [-0.2, -0.15) is 0 Å². The van der Waals surface area contributed by atoms with E-state index in [0.717, 1.165) is 0 Å². The van der Waals surface area contributed by atoms with Gasteiger partial charge in [-0.3, -0.25) is 9.59 Å². The molecule has 0 aromatic heterocycles. The van der Waals surface area contributed by atoms with Gasteiger partial charge in [0.1, 0.15) is 0 Å². The van der Waals surface area contributed by atoms with Crippen LogP contribution in [0.1, 0.15) is 12.8 Å². The van der Waals surface area contributed by atoms with Crippen LogP contribution >= 0.6 is 0 Å². The number of rotatable bonds is 13. The minimum atomic E-state index is -1.16. The largest absolute Gasteiger partial charge is 0.481 e. The number of hydrogen-bond acceptors (Lipinski definition) is 9. The van der Waals surface area contributed by atoms with Gasteiger partial charge in [0.25, 0.3) is 0 Å². The molecule has 0 aliphatic carbocycles. The second-order valence-electron chi connectivity index (χ2n) is 5.73. The fraction of sp³-hybridized carbons (Fsp3) is 0.857. The number of aliphatic hydroxyl groups is 6. The maximum Gasteiger partial charge on any atom is 0.303 e. The topological polar surface area (TPSA) is 205 Å². The van der Waals surface area contributed by atoms with Gasteiger partial charge in [0.15, 0.2) is 0 Å². The second-order valence-corrected chi connectivity index (χ2v) is 5.73. The number of aliphatic hydroxyl groups excluding tert-OH is 6. The highest BCUT2D eigenvalue weighted by molar-refractivity contribution is 5.75. The van der Waals surface area contributed by atoms with Crippen LogP contribution in [0.15, 0.2) is 0 Å². The summed E-state index contributed by atoms with van der Waals surface area (Å²) in [6, 6.07) is 0. The molecule has 0 saturated heterocycles. The third-order valence-electron chi connectivity index (χ3n) is 3.38. The van der Waals surface area contributed by atoms with Crippen molar-refractivity contribution in [1.82, 2.24) is 0 Å². The molecule has 8 N–H and O–H groups in total. The predicted octanol–water partition coefficient (Wildman–Crippen LogP) is -3.13. The van der Waals surface area contributed by atoms with Gasteiger partial charge < -0.3 is 45.6 Å². The maximum atomic E-state index is 9.64. The van der Waals surface area contributed by atoms with Crippen molar-refractivity contribution in [2.45, 2.75) is 12.8 Å². The van der Waals surface area contributed by atoms with Crippen LogP contribution in [-0.2, 0) is 14.3 Å². The molecule has 0 atom stereocenters. The monoisotopic (exact) mass is 372 g/mol. The van der Waals surface area contributed by atoms with E-state index in [2.05, 4.69) is 0 Å². The number of carbonyl (C=O) groups is 2. The minimum Gasteiger partial charge on any atom is -0.481 e. The van der Waals surface area contributed by atoms with Crippen LogP contribution in [0.2, 0.25) is 0 Å². The van der Waals surface area contributed by atoms with Crippen molar-refractivity contribution in [1.29, 1.82) is 0 Å². The summed E-state index contributed by atoms with van der Waals surface area (Å²) in [7, 11) is 0. The van der Waals surface area contributed by atoms with Crippen LogP contribution in [0.5, 0.6) is 0 Å². The highest BCUT2D eigenvalue weighted by atomic mass is 16.5. The van der Waals surface area contributed by atoms with Gasteiger partial charge in [0.2, 0.25) is 0 Å². The van der Waals surface area contributed by atoms with E-state index < -0.39 is 62.4 Å². The quantitative estimate of drug-likeness (QED) is 0.162. The van der Waals surface area contributed by atoms with Crippen molar-refractivity contribution in [3.05, 3.63) is 0 Å². The Morgan fingerprint density at radius 1 is 0.600 bits per heavy atom. The van der Waals surface area contributed by atoms with Crippen molar-refractivity contribution in [3.8, 4) is 0 Å². The first kappa shape index (κ1) is 25.9. The summed E-state index contributed by atoms with van der Waals surface area (Å²) in [5.74, 6) is -2.15. The van der Waals surface area contributed by atoms with E-state index in [0.29, 0.717) is 0 Å². The zero-order chi connectivity index (χ0) is 19.9. The van der Waals surface area contributed by atoms with E-state index in [4.69, 9.17) is 45.6 Å². The molecule has 0 spiro atoms. The molecule has 0 heterocycles. The molecule has 0 bridgehead atoms. The average Bonchev–Trinajstić information content (AvgIpc) is 2.62. The first-order chi connectivity index (χ1) is 11.7. The minimum absolute atomic E-state index is 0.141. The van der Waals surface area contributed by atoms with Gasteiger partial charge in [-0.05, 0) is 0 Å². The molecule has 0 rings (SSSR count). The zero-order valence-corrected chi connectivity index (χ0v) is 13.9. The van der Waals surface area contributed by atoms with Crippen LogP contribution in [-0.4, -0.2) is 106 Å². The van der Waals surface area contributed by atoms with Gasteiger partial charge in [-0.15, -0.1) is 0 Å². The van der Waals surface area contributed by atoms with Crippen LogP contribution in [0.4, 0.5) is 0 Å². The normalized spacial score (nSPS) is 11.6. The molecule has 0 saturated carbocycles. The Bertz CT molecular complexity index is 313. The number of ether oxygens (including phenoxy) is 1. The van der Waals surface area contributed by atoms with E-state index in [1.807, 2.05) is 0 Å². The van der Waals surface area contributed by atoms with Crippen LogP contribution < -0.4 is 0 Å². The number of carboxylic acid groups (broad SMARTS) is 2. The van der Waals surface area contributed by atoms with Crippen molar-refractivity contribution < 1.29 is 55.2 Å². The smallest absolute Gasteiger partial charge is 0.303 e. The highest BCUT2D eigenvalue weighted by Crippen LogP contribution is 2.19. The Labute approximate surface area is 144 Å². The predicted molar refractivity (Wildman–Crippen MR) is 82.7 cm³/mol. The molecular formula is C14H28O11. The number of carboxylic acids is 2. The van der Waals surface area contributed by atoms with E-state index in [1.54, 1.807) is 0 Å². The summed E-state index contributed by atoms with van der Waals surface area (Å²) in [5, 5.41) is 70.0. The van der Waals surface area contributed by atoms with Crippen molar-refractivity contribution in [2.75, 3.05) is 52.9 Å². The molecular weight excluding hydrogens is 344 g/mol. The summed E-state index contributed by atoms with van der Waals surface area (Å²) < 4.78 is 5.15. The van der Waals surface area contributed by atoms with E-state index in [-0.39, 0.29) is 26.1 Å². The summed E-state index contributed by atoms with van der Waals surface area (Å²) >= 11 is 0. The second kappa shape index (κ2) is 13.9. The van der Waals surface area contributed by atoms with Gasteiger partial charge in [0, 0.05) is 0 Å². The van der Waals surface area contributed by atoms with Crippen LogP contribution in [0, 0.1) is 10.8 Å². The lowest BCUT2D eigenvalue weighted by Gasteiger charge is -2.31. The summed E-state index contributed by atoms with van der Waals surface area (Å²) in [6.07, 6.45) is -0.593. The van der Waals surface area contributed by atoms with Crippen LogP contribution in [0.25, 0.3) is 0 Å². The molecule has 11 nitrogen and oxygen atoms in total. The molecule has 0 aromatic rings. The van der Waals surface area contributed by atoms with Gasteiger partial charge >= 0.3 is 11.9 Å². The Balaban J connectivity index is 0. The fourth-order valence-electron chi connectivity index (χ4n) is 1.27. The molecule has 0 amide bonds. The third-order valence-corrected chi connectivity index (χ3v) is 3.38. The molecule has 150 valence electrons. The number of hydrogen-bond donors (Lipinski definition) is 8. The lowest BCUT2D eigenvalue weighted by Crippen LogP contribution is -2.43. The summed E-state index contributed by atoms with van der Waals surface area (Å²) in [4.78, 5) is 19.3. The Morgan fingerprint density at radius 3 is 1.00 bits per heavy atom. The highest BCUT2D eigenvalue weighted by Gasteiger charge is 2.32. The summed E-state index contributed by atoms with van der Waals surface area (Å²) in [6.45, 7) is -3.01. The van der Waals surface area contributed by atoms with Crippen molar-refractivity contribution in [2.24, 2.45) is 10.8 Å². The standard InChI is InChI=1S/C10H22O7.C4H6O4/c11-1-9(2-12,3-13)7-17-8-10(4-14,5-15)6-16;5-3(6)1-2-4(7)8/h11-16H,1-8H2;1-2H2,(H,5,6)(H,7,8). The summed E-state index contributed by atoms with van der Waals surface area (Å²) in [5.41, 5.74) is -2.32. The molecule has 0 radical (unpaired) electrons. The lowest BCUT2D eigenvalue weighted by molar-refractivity contribution is -0.143. The molecule has 25 heavy (non-hydrogen) atoms. The molecule has 0 unspecified atom stereocenters. The van der Waals surface area contributed by atoms with E-state index >= 15 is 0 Å². The van der Waals surface area contributed by atoms with Gasteiger partial charge in [-0.25, -0.2) is 0 Å². The first-order valence-electron chi connectivity index (χ1n) is 7.37. The molecule has 0 fully saturated rings. The van der Waals surface area contributed by atoms with Gasteiger partial charge in [-0.1, -0.05) is 0 Å². The lowest BCUT2D eigenvalue weighted by atomic mass is 9.91. The molecule has 11 heteroatoms. The molecule has 0 aliphatic heterocycles. The Hall–Kier alpha value is -1.34. The van der Waals surface area contributed by atoms with E-state index in [1.165, 1.54) is 0 Å². The first-order valence-corrected chi connectivity index (χ1v) is 7.37. The Kier molecular flexibility index (Phi) is 14.4. The van der Waals surface area contributed by atoms with Crippen molar-refractivity contribution >= 4 is 11.9 Å². The Morgan fingerprint density at radius 2 is 0.840 bits per heavy atom. The SMILES string of the molecule is O=C(O)CCC(=O)O.OCC(CO)(CO)COCC(CO)(CO)CO. The van der Waals surface area contributed by atoms with E-state index in [9.17, 15) is 9.59 Å². The van der Waals surface area contributed by atoms with Crippen molar-refractivity contribution in [3.63, 3.8) is 0 Å². The number of aliphatic carboxylic acids is 2. The molecule has 0 aromatic carbocycles. The third kappa shape index (κ3) is 11.0. The average molecular weight is 372 g/mol. The molecule has 0 aliphatic rings.